The van der Waals surface area contributed by atoms with Crippen LogP contribution >= 0.6 is 15.9 Å². The SMILES string of the molecule is Cc1nn(Cc2ccc(C(=O)N3CCN(Cc4ccc(F)cc4)CC3)cc2)c(C)c1Br. The van der Waals surface area contributed by atoms with Gasteiger partial charge in [0.05, 0.1) is 22.4 Å². The molecule has 0 radical (unpaired) electrons. The smallest absolute Gasteiger partial charge is 0.253 e. The Bertz CT molecular complexity index is 1050. The summed E-state index contributed by atoms with van der Waals surface area (Å²) in [6.45, 7) is 8.49. The minimum Gasteiger partial charge on any atom is -0.336 e. The van der Waals surface area contributed by atoms with Crippen LogP contribution in [0.3, 0.4) is 0 Å². The molecule has 2 heterocycles. The molecule has 0 saturated carbocycles. The van der Waals surface area contributed by atoms with Crippen LogP contribution in [0, 0.1) is 19.7 Å². The Balaban J connectivity index is 1.32. The first kappa shape index (κ1) is 21.7. The lowest BCUT2D eigenvalue weighted by molar-refractivity contribution is 0.0628. The molecule has 1 amide bonds. The summed E-state index contributed by atoms with van der Waals surface area (Å²) in [5.41, 5.74) is 4.98. The third-order valence-electron chi connectivity index (χ3n) is 5.81. The molecule has 1 saturated heterocycles. The molecule has 0 bridgehead atoms. The van der Waals surface area contributed by atoms with Gasteiger partial charge in [-0.25, -0.2) is 4.39 Å². The van der Waals surface area contributed by atoms with E-state index < -0.39 is 0 Å². The van der Waals surface area contributed by atoms with Gasteiger partial charge in [-0.15, -0.1) is 0 Å². The number of aryl methyl sites for hydroxylation is 1. The molecule has 162 valence electrons. The van der Waals surface area contributed by atoms with Gasteiger partial charge in [-0.3, -0.25) is 14.4 Å². The van der Waals surface area contributed by atoms with Crippen LogP contribution in [0.15, 0.2) is 53.0 Å². The fraction of sp³-hybridized carbons (Fsp3) is 0.333. The zero-order chi connectivity index (χ0) is 22.0. The zero-order valence-corrected chi connectivity index (χ0v) is 19.4. The van der Waals surface area contributed by atoms with Gasteiger partial charge in [0.2, 0.25) is 0 Å². The molecule has 7 heteroatoms. The molecule has 0 N–H and O–H groups in total. The molecule has 31 heavy (non-hydrogen) atoms. The Hall–Kier alpha value is -2.51. The van der Waals surface area contributed by atoms with Crippen molar-refractivity contribution < 1.29 is 9.18 Å². The van der Waals surface area contributed by atoms with E-state index in [1.54, 1.807) is 0 Å². The van der Waals surface area contributed by atoms with Gasteiger partial charge in [0, 0.05) is 38.3 Å². The number of carbonyl (C=O) groups is 1. The summed E-state index contributed by atoms with van der Waals surface area (Å²) in [6.07, 6.45) is 0. The molecule has 1 aromatic heterocycles. The minimum absolute atomic E-state index is 0.0711. The Morgan fingerprint density at radius 2 is 1.52 bits per heavy atom. The second kappa shape index (κ2) is 9.32. The number of aromatic nitrogens is 2. The molecule has 0 unspecified atom stereocenters. The first-order valence-corrected chi connectivity index (χ1v) is 11.2. The molecule has 0 aliphatic carbocycles. The van der Waals surface area contributed by atoms with Crippen molar-refractivity contribution in [2.45, 2.75) is 26.9 Å². The Kier molecular flexibility index (Phi) is 6.53. The molecule has 0 atom stereocenters. The van der Waals surface area contributed by atoms with Crippen LogP contribution in [-0.4, -0.2) is 51.7 Å². The number of benzene rings is 2. The lowest BCUT2D eigenvalue weighted by Crippen LogP contribution is -2.48. The molecular formula is C24H26BrFN4O. The largest absolute Gasteiger partial charge is 0.336 e. The van der Waals surface area contributed by atoms with Crippen molar-refractivity contribution >= 4 is 21.8 Å². The van der Waals surface area contributed by atoms with Crippen LogP contribution in [0.4, 0.5) is 4.39 Å². The summed E-state index contributed by atoms with van der Waals surface area (Å²) in [4.78, 5) is 17.1. The number of nitrogens with zero attached hydrogens (tertiary/aromatic N) is 4. The van der Waals surface area contributed by atoms with Gasteiger partial charge in [0.15, 0.2) is 0 Å². The maximum atomic E-state index is 13.1. The molecule has 2 aromatic carbocycles. The number of halogens is 2. The van der Waals surface area contributed by atoms with E-state index in [2.05, 4.69) is 25.9 Å². The minimum atomic E-state index is -0.215. The van der Waals surface area contributed by atoms with Crippen molar-refractivity contribution in [3.63, 3.8) is 0 Å². The maximum Gasteiger partial charge on any atom is 0.253 e. The summed E-state index contributed by atoms with van der Waals surface area (Å²) < 4.78 is 16.1. The van der Waals surface area contributed by atoms with Gasteiger partial charge in [-0.2, -0.15) is 5.10 Å². The number of rotatable bonds is 5. The number of hydrogen-bond acceptors (Lipinski definition) is 3. The first-order valence-electron chi connectivity index (χ1n) is 10.5. The first-order chi connectivity index (χ1) is 14.9. The van der Waals surface area contributed by atoms with E-state index in [4.69, 9.17) is 0 Å². The summed E-state index contributed by atoms with van der Waals surface area (Å²) in [7, 11) is 0. The average molecular weight is 485 g/mol. The molecule has 1 aliphatic rings. The van der Waals surface area contributed by atoms with Crippen LogP contribution < -0.4 is 0 Å². The van der Waals surface area contributed by atoms with Crippen molar-refractivity contribution in [3.05, 3.63) is 86.9 Å². The van der Waals surface area contributed by atoms with Crippen molar-refractivity contribution in [3.8, 4) is 0 Å². The number of carbonyl (C=O) groups excluding carboxylic acids is 1. The third kappa shape index (κ3) is 5.05. The number of piperazine rings is 1. The molecule has 1 aliphatic heterocycles. The van der Waals surface area contributed by atoms with E-state index in [0.29, 0.717) is 25.2 Å². The van der Waals surface area contributed by atoms with Crippen LogP contribution in [-0.2, 0) is 13.1 Å². The van der Waals surface area contributed by atoms with E-state index in [1.807, 2.05) is 59.8 Å². The predicted octanol–water partition coefficient (Wildman–Crippen LogP) is 4.41. The summed E-state index contributed by atoms with van der Waals surface area (Å²) in [5, 5.41) is 4.55. The topological polar surface area (TPSA) is 41.4 Å². The number of amides is 1. The van der Waals surface area contributed by atoms with Crippen molar-refractivity contribution in [1.29, 1.82) is 0 Å². The second-order valence-corrected chi connectivity index (χ2v) is 8.83. The van der Waals surface area contributed by atoms with Gasteiger partial charge in [-0.05, 0) is 65.2 Å². The van der Waals surface area contributed by atoms with Crippen LogP contribution in [0.25, 0.3) is 0 Å². The van der Waals surface area contributed by atoms with Crippen molar-refractivity contribution in [2.75, 3.05) is 26.2 Å². The molecule has 5 nitrogen and oxygen atoms in total. The van der Waals surface area contributed by atoms with Crippen LogP contribution in [0.1, 0.15) is 32.9 Å². The fourth-order valence-electron chi connectivity index (χ4n) is 3.89. The van der Waals surface area contributed by atoms with E-state index >= 15 is 0 Å². The fourth-order valence-corrected chi connectivity index (χ4v) is 4.18. The second-order valence-electron chi connectivity index (χ2n) is 8.03. The normalized spacial score (nSPS) is 14.8. The van der Waals surface area contributed by atoms with Gasteiger partial charge in [0.1, 0.15) is 5.82 Å². The van der Waals surface area contributed by atoms with E-state index in [9.17, 15) is 9.18 Å². The summed E-state index contributed by atoms with van der Waals surface area (Å²) >= 11 is 3.56. The summed E-state index contributed by atoms with van der Waals surface area (Å²) in [5.74, 6) is -0.144. The third-order valence-corrected chi connectivity index (χ3v) is 6.95. The highest BCUT2D eigenvalue weighted by Crippen LogP contribution is 2.21. The Morgan fingerprint density at radius 3 is 2.10 bits per heavy atom. The molecule has 0 spiro atoms. The van der Waals surface area contributed by atoms with E-state index in [-0.39, 0.29) is 11.7 Å². The standard InChI is InChI=1S/C24H26BrFN4O/c1-17-23(25)18(2)30(27-17)16-20-3-7-21(8-4-20)24(31)29-13-11-28(12-14-29)15-19-5-9-22(26)10-6-19/h3-10H,11-16H2,1-2H3. The summed E-state index contributed by atoms with van der Waals surface area (Å²) in [6, 6.07) is 14.4. The number of hydrogen-bond donors (Lipinski definition) is 0. The lowest BCUT2D eigenvalue weighted by Gasteiger charge is -2.34. The predicted molar refractivity (Wildman–Crippen MR) is 123 cm³/mol. The van der Waals surface area contributed by atoms with E-state index in [0.717, 1.165) is 46.6 Å². The Labute approximate surface area is 190 Å². The monoisotopic (exact) mass is 484 g/mol. The highest BCUT2D eigenvalue weighted by Gasteiger charge is 2.22. The molecular weight excluding hydrogens is 459 g/mol. The van der Waals surface area contributed by atoms with Crippen molar-refractivity contribution in [2.24, 2.45) is 0 Å². The van der Waals surface area contributed by atoms with Gasteiger partial charge in [0.25, 0.3) is 5.91 Å². The van der Waals surface area contributed by atoms with Crippen molar-refractivity contribution in [1.82, 2.24) is 19.6 Å². The highest BCUT2D eigenvalue weighted by atomic mass is 79.9. The van der Waals surface area contributed by atoms with Crippen LogP contribution in [0.2, 0.25) is 0 Å². The molecule has 3 aromatic rings. The Morgan fingerprint density at radius 1 is 0.935 bits per heavy atom. The van der Waals surface area contributed by atoms with Gasteiger partial charge in [-0.1, -0.05) is 24.3 Å². The molecule has 1 fully saturated rings. The lowest BCUT2D eigenvalue weighted by atomic mass is 10.1. The highest BCUT2D eigenvalue weighted by molar-refractivity contribution is 9.10. The zero-order valence-electron chi connectivity index (χ0n) is 17.8. The van der Waals surface area contributed by atoms with Crippen LogP contribution in [0.5, 0.6) is 0 Å². The van der Waals surface area contributed by atoms with Gasteiger partial charge < -0.3 is 4.90 Å². The molecule has 4 rings (SSSR count). The quantitative estimate of drug-likeness (QED) is 0.538. The van der Waals surface area contributed by atoms with Gasteiger partial charge >= 0.3 is 0 Å². The maximum absolute atomic E-state index is 13.1. The van der Waals surface area contributed by atoms with E-state index in [1.165, 1.54) is 12.1 Å². The average Bonchev–Trinajstić information content (AvgIpc) is 3.02.